The molecule has 0 aliphatic rings. The van der Waals surface area contributed by atoms with Crippen LogP contribution in [0.3, 0.4) is 0 Å². The van der Waals surface area contributed by atoms with Crippen LogP contribution >= 0.6 is 0 Å². The summed E-state index contributed by atoms with van der Waals surface area (Å²) in [6, 6.07) is 0.234. The number of benzene rings is 1. The van der Waals surface area contributed by atoms with Crippen molar-refractivity contribution >= 4 is 0 Å². The van der Waals surface area contributed by atoms with Crippen LogP contribution in [0.25, 0.3) is 5.69 Å². The minimum atomic E-state index is -4.91. The molecule has 0 aliphatic heterocycles. The molecular formula is C12H3F8NO. The van der Waals surface area contributed by atoms with E-state index in [-0.39, 0.29) is 22.9 Å². The van der Waals surface area contributed by atoms with Gasteiger partial charge in [-0.1, -0.05) is 0 Å². The smallest absolute Gasteiger partial charge is 0.278 e. The molecule has 2 nitrogen and oxygen atoms in total. The summed E-state index contributed by atoms with van der Waals surface area (Å²) in [4.78, 5) is 11.5. The Hall–Kier alpha value is -2.39. The summed E-state index contributed by atoms with van der Waals surface area (Å²) in [6.07, 6.45) is -4.64. The molecule has 1 aromatic heterocycles. The Bertz CT molecular complexity index is 779. The fourth-order valence-corrected chi connectivity index (χ4v) is 1.64. The molecule has 0 radical (unpaired) electrons. The summed E-state index contributed by atoms with van der Waals surface area (Å²) in [5.41, 5.74) is -4.70. The molecule has 1 heterocycles. The highest BCUT2D eigenvalue weighted by Gasteiger charge is 2.32. The third-order valence-electron chi connectivity index (χ3n) is 2.67. The second-order valence-electron chi connectivity index (χ2n) is 4.04. The number of pyridine rings is 1. The second kappa shape index (κ2) is 5.11. The first kappa shape index (κ1) is 16.0. The third-order valence-corrected chi connectivity index (χ3v) is 2.67. The van der Waals surface area contributed by atoms with Gasteiger partial charge in [0.25, 0.3) is 5.56 Å². The number of alkyl halides is 3. The molecular weight excluding hydrogens is 326 g/mol. The van der Waals surface area contributed by atoms with E-state index in [0.29, 0.717) is 0 Å². The van der Waals surface area contributed by atoms with Gasteiger partial charge in [-0.3, -0.25) is 9.36 Å². The van der Waals surface area contributed by atoms with E-state index in [9.17, 15) is 39.9 Å². The number of rotatable bonds is 1. The monoisotopic (exact) mass is 329 g/mol. The lowest BCUT2D eigenvalue weighted by atomic mass is 10.2. The Morgan fingerprint density at radius 3 is 1.68 bits per heavy atom. The summed E-state index contributed by atoms with van der Waals surface area (Å²) >= 11 is 0. The van der Waals surface area contributed by atoms with Gasteiger partial charge in [-0.05, 0) is 6.07 Å². The maximum atomic E-state index is 13.5. The number of hydrogen-bond acceptors (Lipinski definition) is 1. The van der Waals surface area contributed by atoms with Gasteiger partial charge < -0.3 is 0 Å². The molecule has 0 saturated heterocycles. The van der Waals surface area contributed by atoms with Gasteiger partial charge >= 0.3 is 6.18 Å². The average molecular weight is 329 g/mol. The Morgan fingerprint density at radius 2 is 1.27 bits per heavy atom. The largest absolute Gasteiger partial charge is 0.416 e. The van der Waals surface area contributed by atoms with Crippen molar-refractivity contribution in [1.29, 1.82) is 0 Å². The molecule has 0 amide bonds. The second-order valence-corrected chi connectivity index (χ2v) is 4.04. The molecule has 10 heteroatoms. The quantitative estimate of drug-likeness (QED) is 0.446. The van der Waals surface area contributed by atoms with Crippen LogP contribution in [0.1, 0.15) is 5.56 Å². The SMILES string of the molecule is O=c1cc(C(F)(F)F)ccn1-c1c(F)c(F)c(F)c(F)c1F. The van der Waals surface area contributed by atoms with Crippen LogP contribution in [0.15, 0.2) is 23.1 Å². The molecule has 2 rings (SSSR count). The predicted octanol–water partition coefficient (Wildman–Crippen LogP) is 3.55. The minimum Gasteiger partial charge on any atom is -0.278 e. The van der Waals surface area contributed by atoms with E-state index in [1.54, 1.807) is 0 Å². The Morgan fingerprint density at radius 1 is 0.818 bits per heavy atom. The summed E-state index contributed by atoms with van der Waals surface area (Å²) in [5.74, 6) is -11.8. The van der Waals surface area contributed by atoms with E-state index in [4.69, 9.17) is 0 Å². The maximum absolute atomic E-state index is 13.5. The zero-order valence-electron chi connectivity index (χ0n) is 10.1. The Labute approximate surface area is 116 Å². The van der Waals surface area contributed by atoms with Gasteiger partial charge in [-0.15, -0.1) is 0 Å². The van der Waals surface area contributed by atoms with Crippen LogP contribution in [0.5, 0.6) is 0 Å². The van der Waals surface area contributed by atoms with Gasteiger partial charge in [0.05, 0.1) is 5.56 Å². The zero-order chi connectivity index (χ0) is 16.8. The van der Waals surface area contributed by atoms with Gasteiger partial charge in [0.15, 0.2) is 23.3 Å². The molecule has 0 saturated carbocycles. The van der Waals surface area contributed by atoms with Crippen molar-refractivity contribution in [3.8, 4) is 5.69 Å². The van der Waals surface area contributed by atoms with Crippen molar-refractivity contribution in [1.82, 2.24) is 4.57 Å². The fourth-order valence-electron chi connectivity index (χ4n) is 1.64. The predicted molar refractivity (Wildman–Crippen MR) is 56.8 cm³/mol. The molecule has 0 unspecified atom stereocenters. The molecule has 2 aromatic rings. The molecule has 0 atom stereocenters. The number of hydrogen-bond donors (Lipinski definition) is 0. The van der Waals surface area contributed by atoms with Gasteiger partial charge in [-0.2, -0.15) is 13.2 Å². The van der Waals surface area contributed by atoms with E-state index in [1.807, 2.05) is 0 Å². The number of halogens is 8. The van der Waals surface area contributed by atoms with Crippen molar-refractivity contribution in [3.63, 3.8) is 0 Å². The lowest BCUT2D eigenvalue weighted by molar-refractivity contribution is -0.137. The molecule has 0 N–H and O–H groups in total. The van der Waals surface area contributed by atoms with Gasteiger partial charge in [-0.25, -0.2) is 22.0 Å². The molecule has 1 aromatic carbocycles. The first-order chi connectivity index (χ1) is 10.1. The van der Waals surface area contributed by atoms with Crippen molar-refractivity contribution < 1.29 is 35.1 Å². The van der Waals surface area contributed by atoms with Crippen LogP contribution in [-0.2, 0) is 6.18 Å². The van der Waals surface area contributed by atoms with Gasteiger partial charge in [0.2, 0.25) is 5.82 Å². The van der Waals surface area contributed by atoms with E-state index >= 15 is 0 Å². The number of aromatic nitrogens is 1. The topological polar surface area (TPSA) is 22.0 Å². The molecule has 0 aliphatic carbocycles. The normalized spacial score (nSPS) is 11.8. The van der Waals surface area contributed by atoms with Crippen molar-refractivity contribution in [2.45, 2.75) is 6.18 Å². The highest BCUT2D eigenvalue weighted by atomic mass is 19.4. The van der Waals surface area contributed by atoms with Crippen LogP contribution < -0.4 is 5.56 Å². The maximum Gasteiger partial charge on any atom is 0.416 e. The molecule has 0 fully saturated rings. The lowest BCUT2D eigenvalue weighted by Crippen LogP contribution is -2.23. The zero-order valence-corrected chi connectivity index (χ0v) is 10.1. The van der Waals surface area contributed by atoms with Crippen molar-refractivity contribution in [2.24, 2.45) is 0 Å². The highest BCUT2D eigenvalue weighted by molar-refractivity contribution is 5.38. The van der Waals surface area contributed by atoms with Crippen LogP contribution in [0.2, 0.25) is 0 Å². The third kappa shape index (κ3) is 2.44. The van der Waals surface area contributed by atoms with Crippen LogP contribution in [0.4, 0.5) is 35.1 Å². The molecule has 0 bridgehead atoms. The Balaban J connectivity index is 2.77. The molecule has 118 valence electrons. The first-order valence-corrected chi connectivity index (χ1v) is 5.37. The summed E-state index contributed by atoms with van der Waals surface area (Å²) < 4.78 is 103. The van der Waals surface area contributed by atoms with E-state index < -0.39 is 52.1 Å². The van der Waals surface area contributed by atoms with Gasteiger partial charge in [0, 0.05) is 12.3 Å². The van der Waals surface area contributed by atoms with Crippen molar-refractivity contribution in [3.05, 3.63) is 63.3 Å². The summed E-state index contributed by atoms with van der Waals surface area (Å²) in [7, 11) is 0. The summed E-state index contributed by atoms with van der Waals surface area (Å²) in [5, 5.41) is 0. The molecule has 0 spiro atoms. The van der Waals surface area contributed by atoms with Gasteiger partial charge in [0.1, 0.15) is 5.69 Å². The van der Waals surface area contributed by atoms with E-state index in [2.05, 4.69) is 0 Å². The Kier molecular flexibility index (Phi) is 3.71. The molecule has 22 heavy (non-hydrogen) atoms. The van der Waals surface area contributed by atoms with Crippen LogP contribution in [-0.4, -0.2) is 4.57 Å². The first-order valence-electron chi connectivity index (χ1n) is 5.37. The summed E-state index contributed by atoms with van der Waals surface area (Å²) in [6.45, 7) is 0. The highest BCUT2D eigenvalue weighted by Crippen LogP contribution is 2.29. The lowest BCUT2D eigenvalue weighted by Gasteiger charge is -2.12. The van der Waals surface area contributed by atoms with Crippen LogP contribution in [0, 0.1) is 29.1 Å². The average Bonchev–Trinajstić information content (AvgIpc) is 2.43. The van der Waals surface area contributed by atoms with E-state index in [0.717, 1.165) is 0 Å². The minimum absolute atomic E-state index is 0.0297. The standard InChI is InChI=1S/C12H3F8NO/c13-6-7(14)9(16)11(10(17)8(6)15)21-2-1-4(3-5(21)22)12(18,19)20/h1-3H. The van der Waals surface area contributed by atoms with E-state index in [1.165, 1.54) is 0 Å². The van der Waals surface area contributed by atoms with Crippen molar-refractivity contribution in [2.75, 3.05) is 0 Å². The fraction of sp³-hybridized carbons (Fsp3) is 0.0833. The number of nitrogens with zero attached hydrogens (tertiary/aromatic N) is 1.